The first kappa shape index (κ1) is 15.0. The molecular formula is C19H16ClN3O. The van der Waals surface area contributed by atoms with E-state index in [4.69, 9.17) is 11.6 Å². The molecule has 0 unspecified atom stereocenters. The summed E-state index contributed by atoms with van der Waals surface area (Å²) in [5, 5.41) is 10.9. The molecule has 2 N–H and O–H groups in total. The number of aromatic amines is 1. The van der Waals surface area contributed by atoms with Crippen LogP contribution in [0, 0.1) is 6.92 Å². The Balaban J connectivity index is 1.85. The molecule has 0 saturated heterocycles. The topological polar surface area (TPSA) is 57.8 Å². The standard InChI is InChI=1S/C19H16ClN3O/c1-11-2-4-12(5-3-11)15-10-16(24)21-19-17(15)18(22-23-19)13-6-8-14(20)9-7-13/h2-9,15H,10H2,1H3,(H2,21,22,23,24)/t15-/m1/s1. The molecule has 3 aromatic rings. The highest BCUT2D eigenvalue weighted by atomic mass is 35.5. The van der Waals surface area contributed by atoms with Gasteiger partial charge in [-0.3, -0.25) is 9.89 Å². The molecule has 1 aromatic heterocycles. The maximum absolute atomic E-state index is 12.1. The van der Waals surface area contributed by atoms with Crippen molar-refractivity contribution in [2.45, 2.75) is 19.3 Å². The largest absolute Gasteiger partial charge is 0.309 e. The van der Waals surface area contributed by atoms with E-state index in [1.807, 2.05) is 24.3 Å². The van der Waals surface area contributed by atoms with Crippen molar-refractivity contribution in [1.82, 2.24) is 10.2 Å². The number of anilines is 1. The average Bonchev–Trinajstić information content (AvgIpc) is 2.99. The van der Waals surface area contributed by atoms with E-state index in [0.29, 0.717) is 17.3 Å². The summed E-state index contributed by atoms with van der Waals surface area (Å²) in [7, 11) is 0. The van der Waals surface area contributed by atoms with Gasteiger partial charge in [0.2, 0.25) is 5.91 Å². The highest BCUT2D eigenvalue weighted by Crippen LogP contribution is 2.41. The Morgan fingerprint density at radius 2 is 1.79 bits per heavy atom. The van der Waals surface area contributed by atoms with Gasteiger partial charge in [0.25, 0.3) is 0 Å². The third-order valence-electron chi connectivity index (χ3n) is 4.41. The number of halogens is 1. The number of aromatic nitrogens is 2. The molecule has 1 aliphatic rings. The van der Waals surface area contributed by atoms with Crippen LogP contribution in [0.1, 0.15) is 29.0 Å². The SMILES string of the molecule is Cc1ccc([C@H]2CC(=O)Nc3n[nH]c(-c4ccc(Cl)cc4)c32)cc1. The van der Waals surface area contributed by atoms with Crippen LogP contribution in [0.5, 0.6) is 0 Å². The number of nitrogens with one attached hydrogen (secondary N) is 2. The van der Waals surface area contributed by atoms with Crippen LogP contribution < -0.4 is 5.32 Å². The zero-order valence-electron chi connectivity index (χ0n) is 13.1. The van der Waals surface area contributed by atoms with Gasteiger partial charge in [-0.1, -0.05) is 53.6 Å². The van der Waals surface area contributed by atoms with Crippen molar-refractivity contribution in [2.24, 2.45) is 0 Å². The number of benzene rings is 2. The van der Waals surface area contributed by atoms with Gasteiger partial charge in [0, 0.05) is 28.5 Å². The summed E-state index contributed by atoms with van der Waals surface area (Å²) in [6, 6.07) is 15.9. The molecule has 0 bridgehead atoms. The second-order valence-corrected chi connectivity index (χ2v) is 6.52. The number of amides is 1. The Morgan fingerprint density at radius 3 is 2.50 bits per heavy atom. The van der Waals surface area contributed by atoms with E-state index >= 15 is 0 Å². The molecular weight excluding hydrogens is 322 g/mol. The molecule has 4 nitrogen and oxygen atoms in total. The fourth-order valence-electron chi connectivity index (χ4n) is 3.18. The van der Waals surface area contributed by atoms with Crippen molar-refractivity contribution in [3.8, 4) is 11.3 Å². The van der Waals surface area contributed by atoms with Gasteiger partial charge in [-0.05, 0) is 24.6 Å². The molecule has 4 rings (SSSR count). The summed E-state index contributed by atoms with van der Waals surface area (Å²) in [4.78, 5) is 12.1. The lowest BCUT2D eigenvalue weighted by atomic mass is 9.84. The number of aryl methyl sites for hydroxylation is 1. The average molecular weight is 338 g/mol. The number of rotatable bonds is 2. The normalized spacial score (nSPS) is 16.6. The highest BCUT2D eigenvalue weighted by molar-refractivity contribution is 6.30. The third-order valence-corrected chi connectivity index (χ3v) is 4.66. The summed E-state index contributed by atoms with van der Waals surface area (Å²) in [6.07, 6.45) is 0.413. The van der Waals surface area contributed by atoms with E-state index in [-0.39, 0.29) is 11.8 Å². The fraction of sp³-hybridized carbons (Fsp3) is 0.158. The minimum absolute atomic E-state index is 0.0118. The van der Waals surface area contributed by atoms with Gasteiger partial charge in [0.1, 0.15) is 0 Å². The van der Waals surface area contributed by atoms with Crippen LogP contribution >= 0.6 is 11.6 Å². The van der Waals surface area contributed by atoms with Crippen molar-refractivity contribution >= 4 is 23.3 Å². The van der Waals surface area contributed by atoms with E-state index in [1.165, 1.54) is 5.56 Å². The molecule has 24 heavy (non-hydrogen) atoms. The number of fused-ring (bicyclic) bond motifs is 1. The molecule has 0 fully saturated rings. The zero-order valence-corrected chi connectivity index (χ0v) is 13.9. The lowest BCUT2D eigenvalue weighted by Crippen LogP contribution is -2.23. The van der Waals surface area contributed by atoms with Crippen LogP contribution in [0.15, 0.2) is 48.5 Å². The second-order valence-electron chi connectivity index (χ2n) is 6.08. The minimum Gasteiger partial charge on any atom is -0.309 e. The Morgan fingerprint density at radius 1 is 1.08 bits per heavy atom. The van der Waals surface area contributed by atoms with Crippen molar-refractivity contribution in [3.05, 3.63) is 70.2 Å². The molecule has 2 heterocycles. The molecule has 5 heteroatoms. The van der Waals surface area contributed by atoms with Crippen molar-refractivity contribution < 1.29 is 4.79 Å². The summed E-state index contributed by atoms with van der Waals surface area (Å²) in [5.74, 6) is 0.586. The molecule has 120 valence electrons. The molecule has 0 saturated carbocycles. The Hall–Kier alpha value is -2.59. The van der Waals surface area contributed by atoms with Gasteiger partial charge in [-0.15, -0.1) is 0 Å². The van der Waals surface area contributed by atoms with E-state index in [0.717, 1.165) is 22.4 Å². The quantitative estimate of drug-likeness (QED) is 0.722. The first-order valence-electron chi connectivity index (χ1n) is 7.82. The van der Waals surface area contributed by atoms with Crippen LogP contribution in [0.25, 0.3) is 11.3 Å². The summed E-state index contributed by atoms with van der Waals surface area (Å²) in [5.41, 5.74) is 5.27. The summed E-state index contributed by atoms with van der Waals surface area (Å²) < 4.78 is 0. The maximum atomic E-state index is 12.1. The first-order valence-corrected chi connectivity index (χ1v) is 8.20. The van der Waals surface area contributed by atoms with Gasteiger partial charge >= 0.3 is 0 Å². The number of carbonyl (C=O) groups excluding carboxylic acids is 1. The summed E-state index contributed by atoms with van der Waals surface area (Å²) >= 11 is 5.99. The van der Waals surface area contributed by atoms with Gasteiger partial charge < -0.3 is 5.32 Å². The number of nitrogens with zero attached hydrogens (tertiary/aromatic N) is 1. The van der Waals surface area contributed by atoms with Crippen molar-refractivity contribution in [2.75, 3.05) is 5.32 Å². The Bertz CT molecular complexity index is 897. The van der Waals surface area contributed by atoms with E-state index in [9.17, 15) is 4.79 Å². The number of carbonyl (C=O) groups is 1. The predicted molar refractivity (Wildman–Crippen MR) is 95.3 cm³/mol. The number of hydrogen-bond acceptors (Lipinski definition) is 2. The molecule has 1 amide bonds. The van der Waals surface area contributed by atoms with E-state index < -0.39 is 0 Å². The van der Waals surface area contributed by atoms with Crippen LogP contribution in [0.3, 0.4) is 0 Å². The van der Waals surface area contributed by atoms with Crippen LogP contribution in [0.2, 0.25) is 5.02 Å². The second kappa shape index (κ2) is 5.80. The molecule has 0 radical (unpaired) electrons. The first-order chi connectivity index (χ1) is 11.6. The fourth-order valence-corrected chi connectivity index (χ4v) is 3.30. The van der Waals surface area contributed by atoms with E-state index in [1.54, 1.807) is 0 Å². The molecule has 1 aliphatic heterocycles. The molecule has 0 spiro atoms. The van der Waals surface area contributed by atoms with Crippen molar-refractivity contribution in [1.29, 1.82) is 0 Å². The van der Waals surface area contributed by atoms with Gasteiger partial charge in [-0.25, -0.2) is 0 Å². The van der Waals surface area contributed by atoms with Gasteiger partial charge in [-0.2, -0.15) is 5.10 Å². The van der Waals surface area contributed by atoms with Crippen LogP contribution in [0.4, 0.5) is 5.82 Å². The summed E-state index contributed by atoms with van der Waals surface area (Å²) in [6.45, 7) is 2.06. The zero-order chi connectivity index (χ0) is 16.7. The Labute approximate surface area is 144 Å². The number of hydrogen-bond donors (Lipinski definition) is 2. The molecule has 1 atom stereocenters. The predicted octanol–water partition coefficient (Wildman–Crippen LogP) is 4.51. The lowest BCUT2D eigenvalue weighted by Gasteiger charge is -2.23. The maximum Gasteiger partial charge on any atom is 0.226 e. The molecule has 2 aromatic carbocycles. The minimum atomic E-state index is -0.0150. The van der Waals surface area contributed by atoms with Crippen molar-refractivity contribution in [3.63, 3.8) is 0 Å². The smallest absolute Gasteiger partial charge is 0.226 e. The van der Waals surface area contributed by atoms with Crippen LogP contribution in [-0.4, -0.2) is 16.1 Å². The van der Waals surface area contributed by atoms with Crippen LogP contribution in [-0.2, 0) is 4.79 Å². The molecule has 0 aliphatic carbocycles. The Kier molecular flexibility index (Phi) is 3.62. The van der Waals surface area contributed by atoms with Gasteiger partial charge in [0.05, 0.1) is 5.69 Å². The van der Waals surface area contributed by atoms with Gasteiger partial charge in [0.15, 0.2) is 5.82 Å². The third kappa shape index (κ3) is 2.59. The number of H-pyrrole nitrogens is 1. The highest BCUT2D eigenvalue weighted by Gasteiger charge is 2.31. The van der Waals surface area contributed by atoms with E-state index in [2.05, 4.69) is 46.7 Å². The lowest BCUT2D eigenvalue weighted by molar-refractivity contribution is -0.116. The monoisotopic (exact) mass is 337 g/mol.